The van der Waals surface area contributed by atoms with Crippen LogP contribution in [0.4, 0.5) is 5.69 Å². The van der Waals surface area contributed by atoms with Gasteiger partial charge >= 0.3 is 0 Å². The van der Waals surface area contributed by atoms with Crippen LogP contribution in [-0.4, -0.2) is 9.97 Å². The van der Waals surface area contributed by atoms with E-state index in [0.717, 1.165) is 44.8 Å². The van der Waals surface area contributed by atoms with E-state index in [1.807, 2.05) is 12.1 Å². The summed E-state index contributed by atoms with van der Waals surface area (Å²) in [6.45, 7) is 7.32. The third kappa shape index (κ3) is 4.72. The van der Waals surface area contributed by atoms with Crippen molar-refractivity contribution in [1.82, 2.24) is 9.97 Å². The number of rotatable bonds is 4. The summed E-state index contributed by atoms with van der Waals surface area (Å²) in [5, 5.41) is 16.6. The average Bonchev–Trinajstić information content (AvgIpc) is 3.14. The molecule has 0 atom stereocenters. The Morgan fingerprint density at radius 2 is 0.913 bits per heavy atom. The zero-order chi connectivity index (χ0) is 31.0. The fraction of sp³-hybridized carbons (Fsp3) is 0. The Morgan fingerprint density at radius 1 is 0.457 bits per heavy atom. The van der Waals surface area contributed by atoms with Crippen molar-refractivity contribution in [3.05, 3.63) is 163 Å². The molecule has 0 spiro atoms. The van der Waals surface area contributed by atoms with Crippen molar-refractivity contribution in [2.45, 2.75) is 0 Å². The van der Waals surface area contributed by atoms with E-state index in [4.69, 9.17) is 6.57 Å². The molecule has 8 rings (SSSR count). The van der Waals surface area contributed by atoms with Gasteiger partial charge in [0.25, 0.3) is 0 Å². The zero-order valence-electron chi connectivity index (χ0n) is 24.6. The van der Waals surface area contributed by atoms with Crippen LogP contribution in [0.3, 0.4) is 0 Å². The summed E-state index contributed by atoms with van der Waals surface area (Å²) in [5.74, 6) is 0. The molecular weight excluding hydrogens is 560 g/mol. The van der Waals surface area contributed by atoms with Gasteiger partial charge in [-0.1, -0.05) is 97.1 Å². The maximum atomic E-state index is 9.29. The molecule has 0 aliphatic carbocycles. The van der Waals surface area contributed by atoms with E-state index in [-0.39, 0.29) is 0 Å². The quantitative estimate of drug-likeness (QED) is 0.153. The van der Waals surface area contributed by atoms with Gasteiger partial charge in [0.2, 0.25) is 0 Å². The maximum absolute atomic E-state index is 9.29. The molecule has 0 saturated carbocycles. The van der Waals surface area contributed by atoms with Crippen LogP contribution in [0.15, 0.2) is 146 Å². The minimum absolute atomic E-state index is 0.584. The van der Waals surface area contributed by atoms with Crippen LogP contribution in [0.5, 0.6) is 0 Å². The average molecular weight is 585 g/mol. The molecule has 2 heterocycles. The Labute approximate surface area is 266 Å². The summed E-state index contributed by atoms with van der Waals surface area (Å²) in [6.07, 6.45) is 3.36. The molecule has 2 aromatic heterocycles. The third-order valence-electron chi connectivity index (χ3n) is 8.63. The molecule has 0 unspecified atom stereocenters. The van der Waals surface area contributed by atoms with Crippen LogP contribution >= 0.6 is 0 Å². The van der Waals surface area contributed by atoms with E-state index in [1.165, 1.54) is 32.3 Å². The van der Waals surface area contributed by atoms with E-state index in [9.17, 15) is 5.26 Å². The Hall–Kier alpha value is -6.62. The molecule has 0 amide bonds. The molecule has 0 aliphatic heterocycles. The van der Waals surface area contributed by atoms with Crippen molar-refractivity contribution in [2.75, 3.05) is 0 Å². The number of pyridine rings is 2. The van der Waals surface area contributed by atoms with Gasteiger partial charge in [-0.15, -0.1) is 0 Å². The molecule has 0 fully saturated rings. The first-order chi connectivity index (χ1) is 22.7. The smallest absolute Gasteiger partial charge is 0.190 e. The lowest BCUT2D eigenvalue weighted by atomic mass is 9.90. The molecule has 46 heavy (non-hydrogen) atoms. The number of hydrogen-bond donors (Lipinski definition) is 0. The predicted octanol–water partition coefficient (Wildman–Crippen LogP) is 11.0. The number of nitriles is 1. The van der Waals surface area contributed by atoms with E-state index >= 15 is 0 Å². The van der Waals surface area contributed by atoms with Gasteiger partial charge in [0, 0.05) is 18.0 Å². The van der Waals surface area contributed by atoms with Crippen molar-refractivity contribution in [3.8, 4) is 50.8 Å². The highest BCUT2D eigenvalue weighted by atomic mass is 14.7. The highest BCUT2D eigenvalue weighted by Crippen LogP contribution is 2.39. The highest BCUT2D eigenvalue weighted by molar-refractivity contribution is 6.26. The summed E-state index contributed by atoms with van der Waals surface area (Å²) in [4.78, 5) is 12.5. The Kier molecular flexibility index (Phi) is 6.53. The molecule has 0 saturated heterocycles. The molecular formula is C42H24N4. The number of nitrogens with zero attached hydrogens (tertiary/aromatic N) is 4. The van der Waals surface area contributed by atoms with Crippen LogP contribution in [0.25, 0.3) is 81.9 Å². The molecule has 0 radical (unpaired) electrons. The first kappa shape index (κ1) is 27.0. The minimum atomic E-state index is 0.584. The van der Waals surface area contributed by atoms with Crippen molar-refractivity contribution >= 4 is 38.0 Å². The van der Waals surface area contributed by atoms with Crippen molar-refractivity contribution in [2.24, 2.45) is 0 Å². The fourth-order valence-corrected chi connectivity index (χ4v) is 6.29. The lowest BCUT2D eigenvalue weighted by molar-refractivity contribution is 1.31. The Balaban J connectivity index is 1.24. The van der Waals surface area contributed by atoms with Gasteiger partial charge < -0.3 is 0 Å². The molecule has 6 aromatic carbocycles. The van der Waals surface area contributed by atoms with Crippen molar-refractivity contribution < 1.29 is 0 Å². The van der Waals surface area contributed by atoms with Gasteiger partial charge in [0.05, 0.1) is 29.6 Å². The number of benzene rings is 6. The minimum Gasteiger partial charge on any atom is -0.259 e. The lowest BCUT2D eigenvalue weighted by Gasteiger charge is -2.14. The van der Waals surface area contributed by atoms with E-state index in [2.05, 4.69) is 130 Å². The molecule has 4 heteroatoms. The van der Waals surface area contributed by atoms with Crippen LogP contribution in [0.1, 0.15) is 5.56 Å². The van der Waals surface area contributed by atoms with Gasteiger partial charge in [-0.2, -0.15) is 5.26 Å². The molecule has 4 nitrogen and oxygen atoms in total. The zero-order valence-corrected chi connectivity index (χ0v) is 24.6. The van der Waals surface area contributed by atoms with Crippen LogP contribution in [-0.2, 0) is 0 Å². The first-order valence-corrected chi connectivity index (χ1v) is 15.0. The normalized spacial score (nSPS) is 11.0. The second-order valence-corrected chi connectivity index (χ2v) is 11.3. The molecule has 8 aromatic rings. The second-order valence-electron chi connectivity index (χ2n) is 11.3. The van der Waals surface area contributed by atoms with Crippen molar-refractivity contribution in [3.63, 3.8) is 0 Å². The maximum Gasteiger partial charge on any atom is 0.190 e. The SMILES string of the molecule is [C-]#[N+]c1ccnc(-c2ccc(-c3ccc4c5ccccc5c5ccc(-c6ccc(-c7cc(C#N)ccn7)cc6)cc5c4c3)cc2)c1. The van der Waals surface area contributed by atoms with Crippen LogP contribution < -0.4 is 0 Å². The van der Waals surface area contributed by atoms with E-state index < -0.39 is 0 Å². The number of fused-ring (bicyclic) bond motifs is 6. The topological polar surface area (TPSA) is 53.9 Å². The van der Waals surface area contributed by atoms with Gasteiger partial charge in [-0.3, -0.25) is 9.97 Å². The Bertz CT molecular complexity index is 2350. The molecule has 0 aliphatic rings. The highest BCUT2D eigenvalue weighted by Gasteiger charge is 2.12. The molecule has 0 N–H and O–H groups in total. The summed E-state index contributed by atoms with van der Waals surface area (Å²) in [7, 11) is 0. The predicted molar refractivity (Wildman–Crippen MR) is 187 cm³/mol. The van der Waals surface area contributed by atoms with Gasteiger partial charge in [-0.05, 0) is 96.5 Å². The lowest BCUT2D eigenvalue weighted by Crippen LogP contribution is -1.88. The largest absolute Gasteiger partial charge is 0.259 e. The second kappa shape index (κ2) is 11.1. The first-order valence-electron chi connectivity index (χ1n) is 15.0. The van der Waals surface area contributed by atoms with Gasteiger partial charge in [-0.25, -0.2) is 4.85 Å². The number of hydrogen-bond acceptors (Lipinski definition) is 3. The summed E-state index contributed by atoms with van der Waals surface area (Å²) in [6, 6.07) is 48.2. The standard InChI is InChI=1S/C42H24N4/c1-44-34-19-21-46-42(25-34)31-12-8-29(9-13-31)33-15-17-38-36-5-3-2-4-35(36)37-16-14-32(23-39(37)40(38)24-33)28-6-10-30(11-7-28)41-22-27(26-43)18-20-45-41/h2-25H. The molecule has 0 bridgehead atoms. The van der Waals surface area contributed by atoms with E-state index in [0.29, 0.717) is 11.3 Å². The Morgan fingerprint density at radius 3 is 1.43 bits per heavy atom. The number of aromatic nitrogens is 2. The fourth-order valence-electron chi connectivity index (χ4n) is 6.29. The van der Waals surface area contributed by atoms with Crippen LogP contribution in [0.2, 0.25) is 0 Å². The molecule has 212 valence electrons. The van der Waals surface area contributed by atoms with Crippen LogP contribution in [0, 0.1) is 17.9 Å². The summed E-state index contributed by atoms with van der Waals surface area (Å²) in [5.41, 5.74) is 9.23. The summed E-state index contributed by atoms with van der Waals surface area (Å²) >= 11 is 0. The monoisotopic (exact) mass is 584 g/mol. The summed E-state index contributed by atoms with van der Waals surface area (Å²) < 4.78 is 0. The van der Waals surface area contributed by atoms with E-state index in [1.54, 1.807) is 24.5 Å². The third-order valence-corrected chi connectivity index (χ3v) is 8.63. The van der Waals surface area contributed by atoms with Gasteiger partial charge in [0.1, 0.15) is 0 Å². The van der Waals surface area contributed by atoms with Crippen molar-refractivity contribution in [1.29, 1.82) is 5.26 Å². The van der Waals surface area contributed by atoms with Gasteiger partial charge in [0.15, 0.2) is 5.69 Å².